The highest BCUT2D eigenvalue weighted by Crippen LogP contribution is 2.23. The number of carbonyl (C=O) groups excluding carboxylic acids is 1. The number of amides is 1. The fourth-order valence-corrected chi connectivity index (χ4v) is 2.37. The molecule has 0 aromatic carbocycles. The van der Waals surface area contributed by atoms with E-state index in [9.17, 15) is 4.79 Å². The Labute approximate surface area is 127 Å². The van der Waals surface area contributed by atoms with E-state index in [1.807, 2.05) is 18.7 Å². The standard InChI is InChI=1S/C15H29N5O/c1-7-20(10-14(21)16-5)15-13(9-17-8-11(2)3)12(4)18-19(15)6/h11,17H,7-10H2,1-6H3,(H,16,21). The first-order valence-electron chi connectivity index (χ1n) is 7.59. The van der Waals surface area contributed by atoms with Gasteiger partial charge < -0.3 is 15.5 Å². The lowest BCUT2D eigenvalue weighted by Gasteiger charge is -2.24. The van der Waals surface area contributed by atoms with Crippen LogP contribution in [0.5, 0.6) is 0 Å². The number of anilines is 1. The third-order valence-electron chi connectivity index (χ3n) is 3.46. The molecule has 1 rings (SSSR count). The second-order valence-corrected chi connectivity index (χ2v) is 5.72. The summed E-state index contributed by atoms with van der Waals surface area (Å²) in [5, 5.41) is 10.7. The van der Waals surface area contributed by atoms with Gasteiger partial charge in [0.2, 0.25) is 5.91 Å². The molecule has 0 saturated heterocycles. The summed E-state index contributed by atoms with van der Waals surface area (Å²) < 4.78 is 1.87. The van der Waals surface area contributed by atoms with Crippen LogP contribution < -0.4 is 15.5 Å². The van der Waals surface area contributed by atoms with E-state index in [1.54, 1.807) is 7.05 Å². The van der Waals surface area contributed by atoms with Crippen LogP contribution in [0.2, 0.25) is 0 Å². The van der Waals surface area contributed by atoms with E-state index in [1.165, 1.54) is 5.56 Å². The summed E-state index contributed by atoms with van der Waals surface area (Å²) in [4.78, 5) is 13.7. The number of nitrogens with one attached hydrogen (secondary N) is 2. The zero-order valence-corrected chi connectivity index (χ0v) is 14.2. The van der Waals surface area contributed by atoms with Crippen LogP contribution >= 0.6 is 0 Å². The Morgan fingerprint density at radius 3 is 2.62 bits per heavy atom. The first kappa shape index (κ1) is 17.5. The first-order chi connectivity index (χ1) is 9.90. The molecular formula is C15H29N5O. The maximum absolute atomic E-state index is 11.7. The summed E-state index contributed by atoms with van der Waals surface area (Å²) in [6, 6.07) is 0. The van der Waals surface area contributed by atoms with Crippen molar-refractivity contribution < 1.29 is 4.79 Å². The van der Waals surface area contributed by atoms with Gasteiger partial charge in [0.25, 0.3) is 0 Å². The lowest BCUT2D eigenvalue weighted by Crippen LogP contribution is -2.37. The molecule has 0 saturated carbocycles. The van der Waals surface area contributed by atoms with Crippen LogP contribution in [0.3, 0.4) is 0 Å². The molecule has 0 aliphatic heterocycles. The number of hydrogen-bond donors (Lipinski definition) is 2. The zero-order valence-electron chi connectivity index (χ0n) is 14.2. The normalized spacial score (nSPS) is 11.0. The molecular weight excluding hydrogens is 266 g/mol. The summed E-state index contributed by atoms with van der Waals surface area (Å²) in [5.41, 5.74) is 2.18. The van der Waals surface area contributed by atoms with Crippen molar-refractivity contribution >= 4 is 11.7 Å². The van der Waals surface area contributed by atoms with Crippen LogP contribution in [0.25, 0.3) is 0 Å². The highest BCUT2D eigenvalue weighted by atomic mass is 16.1. The predicted octanol–water partition coefficient (Wildman–Crippen LogP) is 1.05. The van der Waals surface area contributed by atoms with Crippen LogP contribution in [-0.4, -0.2) is 42.4 Å². The first-order valence-corrected chi connectivity index (χ1v) is 7.59. The van der Waals surface area contributed by atoms with Gasteiger partial charge in [-0.1, -0.05) is 13.8 Å². The molecule has 0 spiro atoms. The number of rotatable bonds is 8. The molecule has 0 atom stereocenters. The lowest BCUT2D eigenvalue weighted by atomic mass is 10.2. The molecule has 0 radical (unpaired) electrons. The minimum atomic E-state index is 0.0109. The number of aromatic nitrogens is 2. The highest BCUT2D eigenvalue weighted by molar-refractivity contribution is 5.81. The fraction of sp³-hybridized carbons (Fsp3) is 0.733. The number of nitrogens with zero attached hydrogens (tertiary/aromatic N) is 3. The van der Waals surface area contributed by atoms with E-state index in [2.05, 4.69) is 41.4 Å². The number of likely N-dealkylation sites (N-methyl/N-ethyl adjacent to an activating group) is 2. The summed E-state index contributed by atoms with van der Waals surface area (Å²) in [6.07, 6.45) is 0. The van der Waals surface area contributed by atoms with E-state index >= 15 is 0 Å². The SMILES string of the molecule is CCN(CC(=O)NC)c1c(CNCC(C)C)c(C)nn1C. The van der Waals surface area contributed by atoms with E-state index in [0.717, 1.165) is 31.1 Å². The van der Waals surface area contributed by atoms with Gasteiger partial charge >= 0.3 is 0 Å². The lowest BCUT2D eigenvalue weighted by molar-refractivity contribution is -0.119. The van der Waals surface area contributed by atoms with Gasteiger partial charge in [0, 0.05) is 32.7 Å². The average molecular weight is 295 g/mol. The van der Waals surface area contributed by atoms with Gasteiger partial charge in [-0.15, -0.1) is 0 Å². The van der Waals surface area contributed by atoms with E-state index in [-0.39, 0.29) is 5.91 Å². The molecule has 6 nitrogen and oxygen atoms in total. The number of carbonyl (C=O) groups is 1. The smallest absolute Gasteiger partial charge is 0.239 e. The summed E-state index contributed by atoms with van der Waals surface area (Å²) in [5.74, 6) is 1.64. The van der Waals surface area contributed by atoms with Crippen molar-refractivity contribution in [1.82, 2.24) is 20.4 Å². The quantitative estimate of drug-likeness (QED) is 0.752. The molecule has 1 aromatic rings. The maximum atomic E-state index is 11.7. The Morgan fingerprint density at radius 1 is 1.43 bits per heavy atom. The molecule has 2 N–H and O–H groups in total. The van der Waals surface area contributed by atoms with Crippen molar-refractivity contribution in [3.05, 3.63) is 11.3 Å². The predicted molar refractivity (Wildman–Crippen MR) is 86.4 cm³/mol. The van der Waals surface area contributed by atoms with Crippen LogP contribution in [0.4, 0.5) is 5.82 Å². The van der Waals surface area contributed by atoms with E-state index in [0.29, 0.717) is 12.5 Å². The number of hydrogen-bond acceptors (Lipinski definition) is 4. The van der Waals surface area contributed by atoms with Crippen molar-refractivity contribution in [3.8, 4) is 0 Å². The molecule has 1 aromatic heterocycles. The Morgan fingerprint density at radius 2 is 2.10 bits per heavy atom. The highest BCUT2D eigenvalue weighted by Gasteiger charge is 2.19. The van der Waals surface area contributed by atoms with Gasteiger partial charge in [-0.25, -0.2) is 0 Å². The van der Waals surface area contributed by atoms with Crippen LogP contribution in [0, 0.1) is 12.8 Å². The monoisotopic (exact) mass is 295 g/mol. The molecule has 6 heteroatoms. The molecule has 1 heterocycles. The van der Waals surface area contributed by atoms with Crippen molar-refractivity contribution in [2.45, 2.75) is 34.2 Å². The van der Waals surface area contributed by atoms with E-state index in [4.69, 9.17) is 0 Å². The third kappa shape index (κ3) is 4.74. The Balaban J connectivity index is 2.95. The Bertz CT molecular complexity index is 467. The molecule has 21 heavy (non-hydrogen) atoms. The van der Waals surface area contributed by atoms with Crippen molar-refractivity contribution in [3.63, 3.8) is 0 Å². The topological polar surface area (TPSA) is 62.2 Å². The van der Waals surface area contributed by atoms with Gasteiger partial charge in [-0.2, -0.15) is 5.10 Å². The third-order valence-corrected chi connectivity index (χ3v) is 3.46. The molecule has 0 unspecified atom stereocenters. The summed E-state index contributed by atoms with van der Waals surface area (Å²) in [7, 11) is 3.59. The molecule has 0 fully saturated rings. The van der Waals surface area contributed by atoms with Gasteiger partial charge in [-0.3, -0.25) is 9.48 Å². The van der Waals surface area contributed by atoms with Crippen LogP contribution in [-0.2, 0) is 18.4 Å². The van der Waals surface area contributed by atoms with Crippen molar-refractivity contribution in [1.29, 1.82) is 0 Å². The average Bonchev–Trinajstić information content (AvgIpc) is 2.70. The van der Waals surface area contributed by atoms with Gasteiger partial charge in [0.1, 0.15) is 5.82 Å². The second-order valence-electron chi connectivity index (χ2n) is 5.72. The second kappa shape index (κ2) is 8.02. The van der Waals surface area contributed by atoms with Crippen LogP contribution in [0.15, 0.2) is 0 Å². The minimum Gasteiger partial charge on any atom is -0.358 e. The summed E-state index contributed by atoms with van der Waals surface area (Å²) >= 11 is 0. The maximum Gasteiger partial charge on any atom is 0.239 e. The fourth-order valence-electron chi connectivity index (χ4n) is 2.37. The zero-order chi connectivity index (χ0) is 16.0. The van der Waals surface area contributed by atoms with Gasteiger partial charge in [0.15, 0.2) is 0 Å². The van der Waals surface area contributed by atoms with E-state index < -0.39 is 0 Å². The molecule has 0 bridgehead atoms. The Hall–Kier alpha value is -1.56. The molecule has 1 amide bonds. The summed E-state index contributed by atoms with van der Waals surface area (Å²) in [6.45, 7) is 11.3. The molecule has 120 valence electrons. The largest absolute Gasteiger partial charge is 0.358 e. The molecule has 0 aliphatic carbocycles. The Kier molecular flexibility index (Phi) is 6.68. The number of aryl methyl sites for hydroxylation is 2. The van der Waals surface area contributed by atoms with Crippen LogP contribution in [0.1, 0.15) is 32.0 Å². The van der Waals surface area contributed by atoms with Crippen molar-refractivity contribution in [2.75, 3.05) is 31.6 Å². The van der Waals surface area contributed by atoms with Crippen molar-refractivity contribution in [2.24, 2.45) is 13.0 Å². The van der Waals surface area contributed by atoms with Gasteiger partial charge in [0.05, 0.1) is 12.2 Å². The molecule has 0 aliphatic rings. The minimum absolute atomic E-state index is 0.0109. The van der Waals surface area contributed by atoms with Gasteiger partial charge in [-0.05, 0) is 26.3 Å².